The molecule has 22 heavy (non-hydrogen) atoms. The topological polar surface area (TPSA) is 49.4 Å². The number of nitrogens with one attached hydrogen (secondary N) is 1. The Morgan fingerprint density at radius 1 is 1.18 bits per heavy atom. The molecule has 120 valence electrons. The van der Waals surface area contributed by atoms with Gasteiger partial charge in [0, 0.05) is 18.5 Å². The van der Waals surface area contributed by atoms with Crippen molar-refractivity contribution >= 4 is 52.3 Å². The summed E-state index contributed by atoms with van der Waals surface area (Å²) in [5.41, 5.74) is 0.0931. The molecule has 1 aliphatic heterocycles. The maximum Gasteiger partial charge on any atom is 0.229 e. The fraction of sp³-hybridized carbons (Fsp3) is 0.467. The van der Waals surface area contributed by atoms with Gasteiger partial charge in [-0.3, -0.25) is 9.59 Å². The average molecular weight is 364 g/mol. The number of hydrogen-bond acceptors (Lipinski definition) is 2. The van der Waals surface area contributed by atoms with Gasteiger partial charge in [0.15, 0.2) is 0 Å². The standard InChI is InChI=1S/C15H17Cl3N2O2/c1-15(2,3)20-7-8(4-13(20)21)14(22)19-12-6-10(17)9(16)5-11(12)18/h5-6,8H,4,7H2,1-3H3,(H,19,22)/t8-/m0/s1. The number of likely N-dealkylation sites (tertiary alicyclic amines) is 1. The summed E-state index contributed by atoms with van der Waals surface area (Å²) in [5, 5.41) is 3.65. The van der Waals surface area contributed by atoms with E-state index in [4.69, 9.17) is 34.8 Å². The Labute approximate surface area is 144 Å². The third-order valence-corrected chi connectivity index (χ3v) is 4.61. The van der Waals surface area contributed by atoms with Gasteiger partial charge in [-0.1, -0.05) is 34.8 Å². The molecule has 2 amide bonds. The summed E-state index contributed by atoms with van der Waals surface area (Å²) in [7, 11) is 0. The number of nitrogens with zero attached hydrogens (tertiary/aromatic N) is 1. The first-order valence-electron chi connectivity index (χ1n) is 6.85. The lowest BCUT2D eigenvalue weighted by Gasteiger charge is -2.31. The van der Waals surface area contributed by atoms with Crippen LogP contribution in [-0.2, 0) is 9.59 Å². The number of anilines is 1. The Hall–Kier alpha value is -0.970. The fourth-order valence-electron chi connectivity index (χ4n) is 2.38. The van der Waals surface area contributed by atoms with Crippen LogP contribution in [0.2, 0.25) is 15.1 Å². The van der Waals surface area contributed by atoms with Gasteiger partial charge in [0.2, 0.25) is 11.8 Å². The van der Waals surface area contributed by atoms with Gasteiger partial charge in [-0.05, 0) is 32.9 Å². The van der Waals surface area contributed by atoms with E-state index in [0.717, 1.165) is 0 Å². The molecule has 1 saturated heterocycles. The Kier molecular flexibility index (Phi) is 4.95. The minimum atomic E-state index is -0.405. The molecule has 0 bridgehead atoms. The van der Waals surface area contributed by atoms with E-state index in [-0.39, 0.29) is 23.8 Å². The van der Waals surface area contributed by atoms with E-state index in [2.05, 4.69) is 5.32 Å². The van der Waals surface area contributed by atoms with E-state index < -0.39 is 5.92 Å². The van der Waals surface area contributed by atoms with Crippen molar-refractivity contribution < 1.29 is 9.59 Å². The molecule has 0 aliphatic carbocycles. The van der Waals surface area contributed by atoms with Crippen LogP contribution in [0.5, 0.6) is 0 Å². The Morgan fingerprint density at radius 3 is 2.32 bits per heavy atom. The molecule has 1 atom stereocenters. The summed E-state index contributed by atoms with van der Waals surface area (Å²) in [4.78, 5) is 26.1. The largest absolute Gasteiger partial charge is 0.337 e. The molecule has 0 saturated carbocycles. The number of benzene rings is 1. The Morgan fingerprint density at radius 2 is 1.77 bits per heavy atom. The molecule has 1 aromatic rings. The van der Waals surface area contributed by atoms with Crippen LogP contribution in [0.4, 0.5) is 5.69 Å². The van der Waals surface area contributed by atoms with Crippen molar-refractivity contribution in [2.24, 2.45) is 5.92 Å². The molecule has 0 spiro atoms. The number of rotatable bonds is 2. The first-order valence-corrected chi connectivity index (χ1v) is 7.99. The first kappa shape index (κ1) is 17.4. The van der Waals surface area contributed by atoms with Gasteiger partial charge in [-0.25, -0.2) is 0 Å². The molecule has 2 rings (SSSR count). The van der Waals surface area contributed by atoms with Gasteiger partial charge in [-0.2, -0.15) is 0 Å². The van der Waals surface area contributed by atoms with E-state index in [1.165, 1.54) is 12.1 Å². The normalized spacial score (nSPS) is 18.7. The molecular formula is C15H17Cl3N2O2. The second-order valence-corrected chi connectivity index (χ2v) is 7.53. The van der Waals surface area contributed by atoms with Gasteiger partial charge in [0.25, 0.3) is 0 Å². The van der Waals surface area contributed by atoms with Crippen LogP contribution in [-0.4, -0.2) is 28.8 Å². The quantitative estimate of drug-likeness (QED) is 0.799. The van der Waals surface area contributed by atoms with Crippen molar-refractivity contribution in [1.29, 1.82) is 0 Å². The van der Waals surface area contributed by atoms with Crippen LogP contribution >= 0.6 is 34.8 Å². The SMILES string of the molecule is CC(C)(C)N1C[C@@H](C(=O)Nc2cc(Cl)c(Cl)cc2Cl)CC1=O. The van der Waals surface area contributed by atoms with Crippen LogP contribution in [0, 0.1) is 5.92 Å². The van der Waals surface area contributed by atoms with E-state index in [1.807, 2.05) is 20.8 Å². The molecular weight excluding hydrogens is 347 g/mol. The molecule has 1 aromatic carbocycles. The fourth-order valence-corrected chi connectivity index (χ4v) is 2.98. The van der Waals surface area contributed by atoms with Crippen LogP contribution in [0.1, 0.15) is 27.2 Å². The Balaban J connectivity index is 2.11. The van der Waals surface area contributed by atoms with Crippen LogP contribution < -0.4 is 5.32 Å². The Bertz CT molecular complexity index is 626. The molecule has 1 aliphatic rings. The van der Waals surface area contributed by atoms with Crippen molar-refractivity contribution in [3.05, 3.63) is 27.2 Å². The summed E-state index contributed by atoms with van der Waals surface area (Å²) in [6, 6.07) is 2.98. The number of hydrogen-bond donors (Lipinski definition) is 1. The van der Waals surface area contributed by atoms with E-state index in [0.29, 0.717) is 27.3 Å². The van der Waals surface area contributed by atoms with Gasteiger partial charge in [-0.15, -0.1) is 0 Å². The van der Waals surface area contributed by atoms with Crippen molar-refractivity contribution in [3.8, 4) is 0 Å². The van der Waals surface area contributed by atoms with Crippen molar-refractivity contribution in [3.63, 3.8) is 0 Å². The lowest BCUT2D eigenvalue weighted by Crippen LogP contribution is -2.42. The number of carbonyl (C=O) groups excluding carboxylic acids is 2. The zero-order valence-electron chi connectivity index (χ0n) is 12.5. The average Bonchev–Trinajstić information content (AvgIpc) is 2.78. The highest BCUT2D eigenvalue weighted by Gasteiger charge is 2.39. The maximum atomic E-state index is 12.4. The van der Waals surface area contributed by atoms with E-state index >= 15 is 0 Å². The lowest BCUT2D eigenvalue weighted by atomic mass is 10.1. The van der Waals surface area contributed by atoms with Gasteiger partial charge < -0.3 is 10.2 Å². The second kappa shape index (κ2) is 6.26. The monoisotopic (exact) mass is 362 g/mol. The van der Waals surface area contributed by atoms with Crippen molar-refractivity contribution in [2.45, 2.75) is 32.7 Å². The van der Waals surface area contributed by atoms with Gasteiger partial charge in [0.05, 0.1) is 26.7 Å². The lowest BCUT2D eigenvalue weighted by molar-refractivity contribution is -0.131. The van der Waals surface area contributed by atoms with Gasteiger partial charge >= 0.3 is 0 Å². The summed E-state index contributed by atoms with van der Waals surface area (Å²) in [5.74, 6) is -0.675. The number of halogens is 3. The molecule has 7 heteroatoms. The van der Waals surface area contributed by atoms with Crippen LogP contribution in [0.15, 0.2) is 12.1 Å². The zero-order valence-corrected chi connectivity index (χ0v) is 14.8. The van der Waals surface area contributed by atoms with Crippen LogP contribution in [0.25, 0.3) is 0 Å². The third kappa shape index (κ3) is 3.67. The summed E-state index contributed by atoms with van der Waals surface area (Å²) >= 11 is 17.8. The molecule has 1 heterocycles. The highest BCUT2D eigenvalue weighted by molar-refractivity contribution is 6.44. The van der Waals surface area contributed by atoms with Gasteiger partial charge in [0.1, 0.15) is 0 Å². The first-order chi connectivity index (χ1) is 10.1. The predicted molar refractivity (Wildman–Crippen MR) is 89.7 cm³/mol. The maximum absolute atomic E-state index is 12.4. The molecule has 0 unspecified atom stereocenters. The molecule has 1 N–H and O–H groups in total. The second-order valence-electron chi connectivity index (χ2n) is 6.31. The molecule has 1 fully saturated rings. The van der Waals surface area contributed by atoms with E-state index in [9.17, 15) is 9.59 Å². The van der Waals surface area contributed by atoms with Crippen molar-refractivity contribution in [1.82, 2.24) is 4.90 Å². The number of carbonyl (C=O) groups is 2. The summed E-state index contributed by atoms with van der Waals surface area (Å²) < 4.78 is 0. The molecule has 4 nitrogen and oxygen atoms in total. The van der Waals surface area contributed by atoms with Crippen LogP contribution in [0.3, 0.4) is 0 Å². The minimum Gasteiger partial charge on any atom is -0.337 e. The third-order valence-electron chi connectivity index (χ3n) is 3.57. The minimum absolute atomic E-state index is 0.0205. The summed E-state index contributed by atoms with van der Waals surface area (Å²) in [6.45, 7) is 6.23. The molecule has 0 aromatic heterocycles. The van der Waals surface area contributed by atoms with E-state index in [1.54, 1.807) is 4.90 Å². The highest BCUT2D eigenvalue weighted by Crippen LogP contribution is 2.33. The highest BCUT2D eigenvalue weighted by atomic mass is 35.5. The van der Waals surface area contributed by atoms with Crippen molar-refractivity contribution in [2.75, 3.05) is 11.9 Å². The summed E-state index contributed by atoms with van der Waals surface area (Å²) in [6.07, 6.45) is 0.196. The smallest absolute Gasteiger partial charge is 0.229 e. The number of amides is 2. The zero-order chi connectivity index (χ0) is 16.7. The molecule has 0 radical (unpaired) electrons. The predicted octanol–water partition coefficient (Wildman–Crippen LogP) is 4.23.